The molecule has 0 saturated carbocycles. The van der Waals surface area contributed by atoms with Crippen molar-refractivity contribution in [1.29, 1.82) is 0 Å². The molecule has 0 aromatic carbocycles. The highest BCUT2D eigenvalue weighted by molar-refractivity contribution is 7.09. The lowest BCUT2D eigenvalue weighted by molar-refractivity contribution is 0.296. The van der Waals surface area contributed by atoms with Crippen LogP contribution in [0, 0.1) is 6.92 Å². The molecular weight excluding hydrogens is 278 g/mol. The van der Waals surface area contributed by atoms with Crippen LogP contribution in [0.4, 0.5) is 11.9 Å². The molecule has 0 aliphatic heterocycles. The Morgan fingerprint density at radius 2 is 2.15 bits per heavy atom. The molecule has 0 bridgehead atoms. The minimum absolute atomic E-state index is 0.249. The van der Waals surface area contributed by atoms with E-state index in [1.54, 1.807) is 16.2 Å². The van der Waals surface area contributed by atoms with E-state index in [0.717, 1.165) is 12.1 Å². The van der Waals surface area contributed by atoms with Crippen LogP contribution in [0.5, 0.6) is 6.01 Å². The third-order valence-corrected chi connectivity index (χ3v) is 3.53. The quantitative estimate of drug-likeness (QED) is 0.590. The second-order valence-electron chi connectivity index (χ2n) is 4.24. The monoisotopic (exact) mass is 295 g/mol. The summed E-state index contributed by atoms with van der Waals surface area (Å²) in [5.74, 6) is 6.08. The number of rotatable bonds is 6. The van der Waals surface area contributed by atoms with Gasteiger partial charge in [-0.1, -0.05) is 0 Å². The van der Waals surface area contributed by atoms with Crippen molar-refractivity contribution in [2.24, 2.45) is 5.84 Å². The predicted molar refractivity (Wildman–Crippen MR) is 78.0 cm³/mol. The summed E-state index contributed by atoms with van der Waals surface area (Å²) in [6.07, 6.45) is 0.769. The number of hydrazine groups is 1. The van der Waals surface area contributed by atoms with Gasteiger partial charge in [0.15, 0.2) is 0 Å². The molecule has 0 unspecified atom stereocenters. The van der Waals surface area contributed by atoms with Gasteiger partial charge >= 0.3 is 6.01 Å². The van der Waals surface area contributed by atoms with Gasteiger partial charge in [0.05, 0.1) is 17.8 Å². The van der Waals surface area contributed by atoms with Gasteiger partial charge in [0.2, 0.25) is 11.9 Å². The summed E-state index contributed by atoms with van der Waals surface area (Å²) in [5, 5.41) is 0. The minimum atomic E-state index is 0.249. The van der Waals surface area contributed by atoms with Crippen molar-refractivity contribution in [2.75, 3.05) is 31.0 Å². The Balaban J connectivity index is 2.01. The average Bonchev–Trinajstić information content (AvgIpc) is 2.84. The van der Waals surface area contributed by atoms with E-state index in [4.69, 9.17) is 10.6 Å². The van der Waals surface area contributed by atoms with E-state index in [0.29, 0.717) is 12.6 Å². The molecule has 0 radical (unpaired) electrons. The van der Waals surface area contributed by atoms with E-state index in [1.165, 1.54) is 4.88 Å². The van der Waals surface area contributed by atoms with Gasteiger partial charge in [0.25, 0.3) is 0 Å². The lowest BCUT2D eigenvalue weighted by atomic mass is 10.3. The normalized spacial score (nSPS) is 10.4. The molecule has 0 aliphatic carbocycles. The minimum Gasteiger partial charge on any atom is -0.463 e. The van der Waals surface area contributed by atoms with Crippen molar-refractivity contribution in [1.82, 2.24) is 19.9 Å². The predicted octanol–water partition coefficient (Wildman–Crippen LogP) is 0.610. The van der Waals surface area contributed by atoms with E-state index in [9.17, 15) is 0 Å². The number of aromatic nitrogens is 4. The van der Waals surface area contributed by atoms with Gasteiger partial charge in [-0.05, 0) is 6.92 Å². The number of nitrogen functional groups attached to an aromatic ring is 1. The average molecular weight is 295 g/mol. The number of ether oxygens (including phenoxy) is 1. The van der Waals surface area contributed by atoms with Crippen LogP contribution in [0.3, 0.4) is 0 Å². The van der Waals surface area contributed by atoms with Crippen LogP contribution in [0.25, 0.3) is 0 Å². The fourth-order valence-electron chi connectivity index (χ4n) is 1.48. The summed E-state index contributed by atoms with van der Waals surface area (Å²) in [4.78, 5) is 19.5. The third-order valence-electron chi connectivity index (χ3n) is 2.54. The first-order valence-electron chi connectivity index (χ1n) is 6.02. The fraction of sp³-hybridized carbons (Fsp3) is 0.455. The van der Waals surface area contributed by atoms with Crippen molar-refractivity contribution in [2.45, 2.75) is 13.3 Å². The second kappa shape index (κ2) is 6.44. The van der Waals surface area contributed by atoms with Gasteiger partial charge in [-0.2, -0.15) is 15.0 Å². The Morgan fingerprint density at radius 3 is 2.75 bits per heavy atom. The maximum absolute atomic E-state index is 5.56. The number of nitrogens with zero attached hydrogens (tertiary/aromatic N) is 5. The topological polar surface area (TPSA) is 102 Å². The summed E-state index contributed by atoms with van der Waals surface area (Å²) in [6.45, 7) is 2.46. The van der Waals surface area contributed by atoms with Gasteiger partial charge in [-0.3, -0.25) is 5.43 Å². The number of aryl methyl sites for hydroxylation is 1. The summed E-state index contributed by atoms with van der Waals surface area (Å²) in [6, 6.07) is 0.249. The zero-order valence-corrected chi connectivity index (χ0v) is 12.4. The number of nitrogens with one attached hydrogen (secondary N) is 1. The molecule has 3 N–H and O–H groups in total. The molecule has 0 amide bonds. The Labute approximate surface area is 121 Å². The number of thiazole rings is 1. The molecule has 108 valence electrons. The van der Waals surface area contributed by atoms with Crippen LogP contribution >= 0.6 is 11.3 Å². The van der Waals surface area contributed by atoms with Gasteiger partial charge in [0.1, 0.15) is 0 Å². The Bertz CT molecular complexity index is 572. The van der Waals surface area contributed by atoms with Crippen LogP contribution in [-0.4, -0.2) is 40.6 Å². The van der Waals surface area contributed by atoms with Gasteiger partial charge in [0, 0.05) is 25.4 Å². The highest BCUT2D eigenvalue weighted by Crippen LogP contribution is 2.15. The molecule has 20 heavy (non-hydrogen) atoms. The third kappa shape index (κ3) is 3.52. The number of anilines is 2. The Morgan fingerprint density at radius 1 is 1.35 bits per heavy atom. The zero-order chi connectivity index (χ0) is 14.5. The largest absolute Gasteiger partial charge is 0.463 e. The Kier molecular flexibility index (Phi) is 4.64. The molecule has 2 aromatic heterocycles. The smallest absolute Gasteiger partial charge is 0.323 e. The molecular formula is C11H17N7OS. The maximum Gasteiger partial charge on any atom is 0.323 e. The van der Waals surface area contributed by atoms with Crippen LogP contribution in [0.1, 0.15) is 10.6 Å². The maximum atomic E-state index is 5.56. The summed E-state index contributed by atoms with van der Waals surface area (Å²) < 4.78 is 5.56. The van der Waals surface area contributed by atoms with Crippen molar-refractivity contribution in [3.05, 3.63) is 16.1 Å². The summed E-state index contributed by atoms with van der Waals surface area (Å²) in [5.41, 5.74) is 5.26. The fourth-order valence-corrected chi connectivity index (χ4v) is 2.24. The molecule has 9 heteroatoms. The van der Waals surface area contributed by atoms with Gasteiger partial charge in [-0.15, -0.1) is 11.3 Å². The van der Waals surface area contributed by atoms with Crippen molar-refractivity contribution in [3.63, 3.8) is 0 Å². The highest BCUT2D eigenvalue weighted by Gasteiger charge is 2.09. The summed E-state index contributed by atoms with van der Waals surface area (Å²) >= 11 is 1.62. The molecule has 0 aliphatic rings. The lowest BCUT2D eigenvalue weighted by Crippen LogP contribution is -2.18. The van der Waals surface area contributed by atoms with Crippen molar-refractivity contribution < 1.29 is 4.74 Å². The Hall–Kier alpha value is -2.00. The standard InChI is InChI=1S/C11H17N7OS/c1-7-8(20-6-13-7)4-5-19-11-15-9(17-12)14-10(16-11)18(2)3/h6H,4-5,12H2,1-3H3,(H,14,15,16,17). The highest BCUT2D eigenvalue weighted by atomic mass is 32.1. The summed E-state index contributed by atoms with van der Waals surface area (Å²) in [7, 11) is 3.67. The molecule has 8 nitrogen and oxygen atoms in total. The van der Waals surface area contributed by atoms with E-state index in [1.807, 2.05) is 26.5 Å². The number of hydrogen-bond donors (Lipinski definition) is 2. The SMILES string of the molecule is Cc1ncsc1CCOc1nc(NN)nc(N(C)C)n1. The molecule has 2 aromatic rings. The molecule has 2 heterocycles. The van der Waals surface area contributed by atoms with Gasteiger partial charge < -0.3 is 9.64 Å². The zero-order valence-electron chi connectivity index (χ0n) is 11.6. The number of nitrogens with two attached hydrogens (primary N) is 1. The molecule has 0 fully saturated rings. The van der Waals surface area contributed by atoms with Crippen LogP contribution < -0.4 is 20.9 Å². The van der Waals surface area contributed by atoms with Crippen molar-refractivity contribution >= 4 is 23.2 Å². The van der Waals surface area contributed by atoms with E-state index < -0.39 is 0 Å². The lowest BCUT2D eigenvalue weighted by Gasteiger charge is -2.12. The first kappa shape index (κ1) is 14.4. The van der Waals surface area contributed by atoms with Gasteiger partial charge in [-0.25, -0.2) is 10.8 Å². The second-order valence-corrected chi connectivity index (χ2v) is 5.18. The van der Waals surface area contributed by atoms with Crippen LogP contribution in [0.2, 0.25) is 0 Å². The van der Waals surface area contributed by atoms with E-state index in [-0.39, 0.29) is 12.0 Å². The van der Waals surface area contributed by atoms with E-state index >= 15 is 0 Å². The van der Waals surface area contributed by atoms with Crippen LogP contribution in [-0.2, 0) is 6.42 Å². The first-order valence-corrected chi connectivity index (χ1v) is 6.90. The molecule has 0 atom stereocenters. The molecule has 0 spiro atoms. The molecule has 0 saturated heterocycles. The molecule has 2 rings (SSSR count). The number of hydrogen-bond acceptors (Lipinski definition) is 9. The van der Waals surface area contributed by atoms with E-state index in [2.05, 4.69) is 25.4 Å². The van der Waals surface area contributed by atoms with Crippen LogP contribution in [0.15, 0.2) is 5.51 Å². The first-order chi connectivity index (χ1) is 9.60. The van der Waals surface area contributed by atoms with Crippen molar-refractivity contribution in [3.8, 4) is 6.01 Å².